The fourth-order valence-electron chi connectivity index (χ4n) is 3.20. The molecule has 3 rings (SSSR count). The zero-order valence-electron chi connectivity index (χ0n) is 17.7. The van der Waals surface area contributed by atoms with Gasteiger partial charge >= 0.3 is 0 Å². The zero-order chi connectivity index (χ0) is 21.9. The van der Waals surface area contributed by atoms with Gasteiger partial charge in [0.1, 0.15) is 12.4 Å². The quantitative estimate of drug-likeness (QED) is 0.518. The number of likely N-dealkylation sites (N-methyl/N-ethyl adjacent to an activating group) is 1. The fourth-order valence-corrected chi connectivity index (χ4v) is 4.12. The Morgan fingerprint density at radius 1 is 1.13 bits per heavy atom. The van der Waals surface area contributed by atoms with Crippen LogP contribution in [0.2, 0.25) is 0 Å². The smallest absolute Gasteiger partial charge is 0.242 e. The number of rotatable bonds is 9. The number of aryl methyl sites for hydroxylation is 1. The van der Waals surface area contributed by atoms with E-state index in [1.54, 1.807) is 36.4 Å². The summed E-state index contributed by atoms with van der Waals surface area (Å²) in [5.41, 5.74) is 1.53. The maximum absolute atomic E-state index is 13.6. The third kappa shape index (κ3) is 4.63. The second-order valence-electron chi connectivity index (χ2n) is 7.23. The number of nitrogens with zero attached hydrogens (tertiary/aromatic N) is 4. The lowest BCUT2D eigenvalue weighted by molar-refractivity contribution is 0.222. The lowest BCUT2D eigenvalue weighted by atomic mass is 10.3. The molecule has 0 fully saturated rings. The number of hydrogen-bond donors (Lipinski definition) is 0. The van der Waals surface area contributed by atoms with Crippen LogP contribution in [0.3, 0.4) is 0 Å². The Labute approximate surface area is 176 Å². The number of sulfonamides is 1. The summed E-state index contributed by atoms with van der Waals surface area (Å²) in [7, 11) is 1.44. The lowest BCUT2D eigenvalue weighted by Gasteiger charge is -2.17. The van der Waals surface area contributed by atoms with Crippen molar-refractivity contribution in [3.05, 3.63) is 54.1 Å². The summed E-state index contributed by atoms with van der Waals surface area (Å²) in [6, 6.07) is 11.4. The average molecular weight is 435 g/mol. The molecule has 1 heterocycles. The highest BCUT2D eigenvalue weighted by atomic mass is 32.2. The molecule has 2 aromatic carbocycles. The van der Waals surface area contributed by atoms with Crippen molar-refractivity contribution in [1.29, 1.82) is 0 Å². The van der Waals surface area contributed by atoms with Crippen molar-refractivity contribution in [1.82, 2.24) is 18.8 Å². The van der Waals surface area contributed by atoms with E-state index in [-0.39, 0.29) is 16.5 Å². The van der Waals surface area contributed by atoms with E-state index >= 15 is 0 Å². The van der Waals surface area contributed by atoms with Crippen LogP contribution in [0.5, 0.6) is 5.75 Å². The first-order chi connectivity index (χ1) is 14.2. The molecule has 0 radical (unpaired) electrons. The highest BCUT2D eigenvalue weighted by Gasteiger charge is 2.20. The minimum absolute atomic E-state index is 0.221. The van der Waals surface area contributed by atoms with Gasteiger partial charge in [0.25, 0.3) is 0 Å². The number of halogens is 1. The van der Waals surface area contributed by atoms with Crippen molar-refractivity contribution in [3.63, 3.8) is 0 Å². The van der Waals surface area contributed by atoms with Crippen LogP contribution < -0.4 is 4.74 Å². The van der Waals surface area contributed by atoms with Crippen molar-refractivity contribution in [2.45, 2.75) is 24.9 Å². The van der Waals surface area contributed by atoms with Gasteiger partial charge in [0.2, 0.25) is 10.0 Å². The summed E-state index contributed by atoms with van der Waals surface area (Å²) in [6.07, 6.45) is 0. The van der Waals surface area contributed by atoms with Crippen LogP contribution in [0.4, 0.5) is 4.39 Å². The average Bonchev–Trinajstić information content (AvgIpc) is 3.05. The maximum Gasteiger partial charge on any atom is 0.242 e. The number of aromatic nitrogens is 2. The molecule has 0 atom stereocenters. The number of benzene rings is 2. The van der Waals surface area contributed by atoms with E-state index in [0.717, 1.165) is 11.3 Å². The standard InChI is InChI=1S/C21H27FN4O3S/c1-5-26-19-11-10-16(30(27,28)24(2)3)14-18(19)23-21(26)15-25(4)12-13-29-20-9-7-6-8-17(20)22/h6-11,14H,5,12-13,15H2,1-4H3. The lowest BCUT2D eigenvalue weighted by Crippen LogP contribution is -2.25. The molecular formula is C21H27FN4O3S. The molecule has 0 spiro atoms. The molecule has 0 bridgehead atoms. The SMILES string of the molecule is CCn1c(CN(C)CCOc2ccccc2F)nc2cc(S(=O)(=O)N(C)C)ccc21. The molecule has 9 heteroatoms. The first-order valence-corrected chi connectivity index (χ1v) is 11.2. The van der Waals surface area contributed by atoms with Gasteiger partial charge in [-0.05, 0) is 44.3 Å². The number of hydrogen-bond acceptors (Lipinski definition) is 5. The molecule has 0 N–H and O–H groups in total. The minimum atomic E-state index is -3.52. The molecule has 0 amide bonds. The Hall–Kier alpha value is -2.49. The van der Waals surface area contributed by atoms with Gasteiger partial charge in [-0.2, -0.15) is 0 Å². The van der Waals surface area contributed by atoms with Gasteiger partial charge in [-0.3, -0.25) is 4.90 Å². The van der Waals surface area contributed by atoms with E-state index in [4.69, 9.17) is 4.74 Å². The van der Waals surface area contributed by atoms with Crippen molar-refractivity contribution >= 4 is 21.1 Å². The molecule has 30 heavy (non-hydrogen) atoms. The van der Waals surface area contributed by atoms with Gasteiger partial charge in [0.05, 0.1) is 22.5 Å². The third-order valence-electron chi connectivity index (χ3n) is 4.87. The fraction of sp³-hybridized carbons (Fsp3) is 0.381. The molecule has 0 aliphatic heterocycles. The Morgan fingerprint density at radius 3 is 2.53 bits per heavy atom. The predicted molar refractivity (Wildman–Crippen MR) is 115 cm³/mol. The van der Waals surface area contributed by atoms with Crippen LogP contribution in [0.25, 0.3) is 11.0 Å². The highest BCUT2D eigenvalue weighted by molar-refractivity contribution is 7.89. The van der Waals surface area contributed by atoms with Crippen LogP contribution in [0.1, 0.15) is 12.7 Å². The van der Waals surface area contributed by atoms with Crippen molar-refractivity contribution in [2.75, 3.05) is 34.3 Å². The topological polar surface area (TPSA) is 67.7 Å². The Morgan fingerprint density at radius 2 is 1.87 bits per heavy atom. The van der Waals surface area contributed by atoms with Gasteiger partial charge < -0.3 is 9.30 Å². The summed E-state index contributed by atoms with van der Waals surface area (Å²) >= 11 is 0. The van der Waals surface area contributed by atoms with Crippen LogP contribution in [-0.2, 0) is 23.1 Å². The summed E-state index contributed by atoms with van der Waals surface area (Å²) in [4.78, 5) is 6.93. The van der Waals surface area contributed by atoms with Crippen LogP contribution >= 0.6 is 0 Å². The van der Waals surface area contributed by atoms with E-state index in [9.17, 15) is 12.8 Å². The van der Waals surface area contributed by atoms with E-state index in [0.29, 0.717) is 31.8 Å². The van der Waals surface area contributed by atoms with Crippen LogP contribution in [-0.4, -0.2) is 61.5 Å². The van der Waals surface area contributed by atoms with Gasteiger partial charge in [0.15, 0.2) is 11.6 Å². The number of imidazole rings is 1. The first kappa shape index (κ1) is 22.2. The first-order valence-electron chi connectivity index (χ1n) is 9.71. The van der Waals surface area contributed by atoms with E-state index in [1.807, 2.05) is 18.9 Å². The molecular weight excluding hydrogens is 407 g/mol. The number of para-hydroxylation sites is 1. The molecule has 7 nitrogen and oxygen atoms in total. The Bertz CT molecular complexity index is 1130. The largest absolute Gasteiger partial charge is 0.489 e. The highest BCUT2D eigenvalue weighted by Crippen LogP contribution is 2.23. The van der Waals surface area contributed by atoms with E-state index in [2.05, 4.69) is 9.55 Å². The maximum atomic E-state index is 13.6. The molecule has 0 saturated heterocycles. The summed E-state index contributed by atoms with van der Waals surface area (Å²) in [5, 5.41) is 0. The van der Waals surface area contributed by atoms with Gasteiger partial charge in [0, 0.05) is 27.2 Å². The molecule has 0 aliphatic carbocycles. The molecule has 0 unspecified atom stereocenters. The normalized spacial score (nSPS) is 12.2. The molecule has 3 aromatic rings. The van der Waals surface area contributed by atoms with Gasteiger partial charge in [-0.25, -0.2) is 22.1 Å². The molecule has 0 saturated carbocycles. The van der Waals surface area contributed by atoms with Crippen molar-refractivity contribution in [2.24, 2.45) is 0 Å². The van der Waals surface area contributed by atoms with E-state index < -0.39 is 10.0 Å². The van der Waals surface area contributed by atoms with Crippen molar-refractivity contribution in [3.8, 4) is 5.75 Å². The Balaban J connectivity index is 1.74. The van der Waals surface area contributed by atoms with E-state index in [1.165, 1.54) is 24.5 Å². The second kappa shape index (κ2) is 9.11. The molecule has 1 aromatic heterocycles. The summed E-state index contributed by atoms with van der Waals surface area (Å²) in [6.45, 7) is 4.22. The third-order valence-corrected chi connectivity index (χ3v) is 6.68. The second-order valence-corrected chi connectivity index (χ2v) is 9.38. The van der Waals surface area contributed by atoms with Crippen molar-refractivity contribution < 1.29 is 17.5 Å². The van der Waals surface area contributed by atoms with Crippen LogP contribution in [0.15, 0.2) is 47.4 Å². The Kier molecular flexibility index (Phi) is 6.74. The van der Waals surface area contributed by atoms with Gasteiger partial charge in [-0.1, -0.05) is 12.1 Å². The number of ether oxygens (including phenoxy) is 1. The van der Waals surface area contributed by atoms with Crippen LogP contribution in [0, 0.1) is 5.82 Å². The number of fused-ring (bicyclic) bond motifs is 1. The monoisotopic (exact) mass is 434 g/mol. The summed E-state index contributed by atoms with van der Waals surface area (Å²) < 4.78 is 47.3. The molecule has 162 valence electrons. The predicted octanol–water partition coefficient (Wildman–Crippen LogP) is 2.96. The van der Waals surface area contributed by atoms with Gasteiger partial charge in [-0.15, -0.1) is 0 Å². The minimum Gasteiger partial charge on any atom is -0.489 e. The zero-order valence-corrected chi connectivity index (χ0v) is 18.5. The summed E-state index contributed by atoms with van der Waals surface area (Å²) in [5.74, 6) is 0.693. The molecule has 0 aliphatic rings.